The van der Waals surface area contributed by atoms with Crippen molar-refractivity contribution in [1.82, 2.24) is 9.97 Å². The van der Waals surface area contributed by atoms with E-state index in [9.17, 15) is 14.4 Å². The van der Waals surface area contributed by atoms with Gasteiger partial charge in [-0.3, -0.25) is 4.79 Å². The fourth-order valence-electron chi connectivity index (χ4n) is 3.56. The number of aromatic nitrogens is 2. The van der Waals surface area contributed by atoms with Crippen LogP contribution in [0.15, 0.2) is 90.0 Å². The predicted octanol–water partition coefficient (Wildman–Crippen LogP) is 6.77. The molecule has 0 saturated heterocycles. The molecule has 0 bridgehead atoms. The molecule has 0 atom stereocenters. The van der Waals surface area contributed by atoms with Gasteiger partial charge in [-0.1, -0.05) is 77.7 Å². The summed E-state index contributed by atoms with van der Waals surface area (Å²) < 4.78 is 14.5. The maximum Gasteiger partial charge on any atom is 0.236 e. The number of amides is 1. The van der Waals surface area contributed by atoms with Gasteiger partial charge in [0.05, 0.1) is 27.2 Å². The number of carbonyl (C=O) groups excluding carboxylic acids is 1. The van der Waals surface area contributed by atoms with Gasteiger partial charge in [0.15, 0.2) is 5.13 Å². The van der Waals surface area contributed by atoms with E-state index in [2.05, 4.69) is 16.4 Å². The second kappa shape index (κ2) is 10.1. The number of thiazole rings is 1. The van der Waals surface area contributed by atoms with E-state index in [0.29, 0.717) is 32.5 Å². The quantitative estimate of drug-likeness (QED) is 0.263. The van der Waals surface area contributed by atoms with Crippen LogP contribution in [0.5, 0.6) is 0 Å². The minimum Gasteiger partial charge on any atom is -0.301 e. The van der Waals surface area contributed by atoms with E-state index in [-0.39, 0.29) is 17.5 Å². The van der Waals surface area contributed by atoms with Crippen molar-refractivity contribution in [2.24, 2.45) is 0 Å². The maximum absolute atomic E-state index is 13.5. The molecular weight excluding hydrogens is 479 g/mol. The highest BCUT2D eigenvalue weighted by Crippen LogP contribution is 2.34. The summed E-state index contributed by atoms with van der Waals surface area (Å²) in [5.41, 5.74) is 4.04. The van der Waals surface area contributed by atoms with Gasteiger partial charge in [-0.2, -0.15) is 5.26 Å². The zero-order valence-electron chi connectivity index (χ0n) is 18.2. The minimum atomic E-state index is -0.356. The highest BCUT2D eigenvalue weighted by molar-refractivity contribution is 8.00. The smallest absolute Gasteiger partial charge is 0.236 e. The summed E-state index contributed by atoms with van der Waals surface area (Å²) in [5, 5.41) is 13.8. The van der Waals surface area contributed by atoms with Crippen molar-refractivity contribution in [3.05, 3.63) is 96.3 Å². The van der Waals surface area contributed by atoms with Crippen molar-refractivity contribution in [1.29, 1.82) is 5.26 Å². The largest absolute Gasteiger partial charge is 0.301 e. The van der Waals surface area contributed by atoms with Crippen LogP contribution in [0.2, 0.25) is 0 Å². The Labute approximate surface area is 209 Å². The van der Waals surface area contributed by atoms with E-state index >= 15 is 0 Å². The third kappa shape index (κ3) is 5.06. The molecular formula is C27H17FN4OS2. The van der Waals surface area contributed by atoms with Gasteiger partial charge in [0, 0.05) is 11.1 Å². The maximum atomic E-state index is 13.5. The number of nitrogens with zero attached hydrogens (tertiary/aromatic N) is 3. The lowest BCUT2D eigenvalue weighted by atomic mass is 9.99. The molecule has 2 aromatic heterocycles. The first-order valence-electron chi connectivity index (χ1n) is 10.7. The van der Waals surface area contributed by atoms with E-state index in [0.717, 1.165) is 15.8 Å². The number of halogens is 1. The lowest BCUT2D eigenvalue weighted by Gasteiger charge is -2.12. The van der Waals surface area contributed by atoms with Gasteiger partial charge in [-0.05, 0) is 35.9 Å². The van der Waals surface area contributed by atoms with Crippen LogP contribution in [0.25, 0.3) is 32.6 Å². The number of hydrogen-bond acceptors (Lipinski definition) is 6. The Hall–Kier alpha value is -4.06. The molecule has 0 fully saturated rings. The second-order valence-electron chi connectivity index (χ2n) is 7.54. The Balaban J connectivity index is 1.45. The van der Waals surface area contributed by atoms with Crippen molar-refractivity contribution in [2.45, 2.75) is 5.03 Å². The minimum absolute atomic E-state index is 0.0543. The molecule has 8 heteroatoms. The number of nitrogens with one attached hydrogen (secondary N) is 1. The number of para-hydroxylation sites is 1. The molecule has 0 saturated carbocycles. The number of fused-ring (bicyclic) bond motifs is 1. The van der Waals surface area contributed by atoms with Gasteiger partial charge in [-0.25, -0.2) is 14.4 Å². The molecule has 0 unspecified atom stereocenters. The van der Waals surface area contributed by atoms with Crippen molar-refractivity contribution >= 4 is 44.4 Å². The Morgan fingerprint density at radius 1 is 0.971 bits per heavy atom. The molecule has 5 nitrogen and oxygen atoms in total. The molecule has 0 spiro atoms. The van der Waals surface area contributed by atoms with Gasteiger partial charge in [-0.15, -0.1) is 0 Å². The molecule has 1 N–H and O–H groups in total. The van der Waals surface area contributed by atoms with Gasteiger partial charge < -0.3 is 5.32 Å². The van der Waals surface area contributed by atoms with Gasteiger partial charge >= 0.3 is 0 Å². The number of carbonyl (C=O) groups is 1. The van der Waals surface area contributed by atoms with Crippen LogP contribution in [0.4, 0.5) is 9.52 Å². The van der Waals surface area contributed by atoms with E-state index < -0.39 is 0 Å². The molecule has 1 amide bonds. The number of nitriles is 1. The molecule has 2 heterocycles. The SMILES string of the molecule is N#Cc1c(-c2ccc(F)cc2)cc(-c2ccccc2)nc1SCC(=O)Nc1nc2ccccc2s1. The average Bonchev–Trinajstić information content (AvgIpc) is 3.30. The molecule has 170 valence electrons. The van der Waals surface area contributed by atoms with Crippen molar-refractivity contribution in [3.63, 3.8) is 0 Å². The second-order valence-corrected chi connectivity index (χ2v) is 9.54. The first-order chi connectivity index (χ1) is 17.1. The molecule has 5 aromatic rings. The molecule has 0 aliphatic carbocycles. The summed E-state index contributed by atoms with van der Waals surface area (Å²) in [6, 6.07) is 27.3. The standard InChI is InChI=1S/C27H17FN4OS2/c28-19-12-10-17(11-13-19)20-14-23(18-6-2-1-3-7-18)30-26(21(20)15-29)34-16-25(33)32-27-31-22-8-4-5-9-24(22)35-27/h1-14H,16H2,(H,31,32,33). The Kier molecular flexibility index (Phi) is 6.53. The van der Waals surface area contributed by atoms with Gasteiger partial charge in [0.2, 0.25) is 5.91 Å². The van der Waals surface area contributed by atoms with Crippen LogP contribution in [0.3, 0.4) is 0 Å². The van der Waals surface area contributed by atoms with Crippen LogP contribution in [-0.2, 0) is 4.79 Å². The molecule has 0 radical (unpaired) electrons. The number of rotatable bonds is 6. The lowest BCUT2D eigenvalue weighted by molar-refractivity contribution is -0.113. The number of pyridine rings is 1. The van der Waals surface area contributed by atoms with Crippen LogP contribution in [0.1, 0.15) is 5.56 Å². The number of thioether (sulfide) groups is 1. The van der Waals surface area contributed by atoms with Crippen LogP contribution in [-0.4, -0.2) is 21.6 Å². The monoisotopic (exact) mass is 496 g/mol. The number of anilines is 1. The van der Waals surface area contributed by atoms with Crippen LogP contribution >= 0.6 is 23.1 Å². The van der Waals surface area contributed by atoms with Crippen molar-refractivity contribution in [3.8, 4) is 28.5 Å². The predicted molar refractivity (Wildman–Crippen MR) is 139 cm³/mol. The summed E-state index contributed by atoms with van der Waals surface area (Å²) in [6.45, 7) is 0. The topological polar surface area (TPSA) is 78.7 Å². The van der Waals surface area contributed by atoms with Crippen LogP contribution < -0.4 is 5.32 Å². The van der Waals surface area contributed by atoms with Crippen molar-refractivity contribution in [2.75, 3.05) is 11.1 Å². The van der Waals surface area contributed by atoms with Crippen molar-refractivity contribution < 1.29 is 9.18 Å². The number of hydrogen-bond donors (Lipinski definition) is 1. The molecule has 5 rings (SSSR count). The Bertz CT molecular complexity index is 1530. The molecule has 0 aliphatic rings. The fourth-order valence-corrected chi connectivity index (χ4v) is 5.25. The third-order valence-electron chi connectivity index (χ3n) is 5.20. The lowest BCUT2D eigenvalue weighted by Crippen LogP contribution is -2.14. The van der Waals surface area contributed by atoms with E-state index in [1.54, 1.807) is 12.1 Å². The fraction of sp³-hybridized carbons (Fsp3) is 0.0370. The summed E-state index contributed by atoms with van der Waals surface area (Å²) >= 11 is 2.59. The zero-order chi connectivity index (χ0) is 24.2. The zero-order valence-corrected chi connectivity index (χ0v) is 19.9. The summed E-state index contributed by atoms with van der Waals surface area (Å²) in [5.74, 6) is -0.544. The highest BCUT2D eigenvalue weighted by Gasteiger charge is 2.17. The third-order valence-corrected chi connectivity index (χ3v) is 7.13. The first kappa shape index (κ1) is 22.7. The first-order valence-corrected chi connectivity index (χ1v) is 12.5. The normalized spacial score (nSPS) is 10.7. The van der Waals surface area contributed by atoms with Gasteiger partial charge in [0.1, 0.15) is 16.9 Å². The Morgan fingerprint density at radius 3 is 2.46 bits per heavy atom. The average molecular weight is 497 g/mol. The van der Waals surface area contributed by atoms with E-state index in [1.807, 2.05) is 60.7 Å². The summed E-state index contributed by atoms with van der Waals surface area (Å²) in [6.07, 6.45) is 0. The number of benzene rings is 3. The van der Waals surface area contributed by atoms with Gasteiger partial charge in [0.25, 0.3) is 0 Å². The summed E-state index contributed by atoms with van der Waals surface area (Å²) in [7, 11) is 0. The Morgan fingerprint density at radius 2 is 1.71 bits per heavy atom. The van der Waals surface area contributed by atoms with E-state index in [1.165, 1.54) is 35.2 Å². The molecule has 35 heavy (non-hydrogen) atoms. The molecule has 3 aromatic carbocycles. The van der Waals surface area contributed by atoms with E-state index in [4.69, 9.17) is 4.98 Å². The van der Waals surface area contributed by atoms with Crippen LogP contribution in [0, 0.1) is 17.1 Å². The molecule has 0 aliphatic heterocycles. The highest BCUT2D eigenvalue weighted by atomic mass is 32.2. The summed E-state index contributed by atoms with van der Waals surface area (Å²) in [4.78, 5) is 21.8.